The summed E-state index contributed by atoms with van der Waals surface area (Å²) in [6, 6.07) is 4.95. The van der Waals surface area contributed by atoms with Gasteiger partial charge in [-0.2, -0.15) is 13.2 Å². The number of ether oxygens (including phenoxy) is 1. The number of phenols is 1. The zero-order valence-electron chi connectivity index (χ0n) is 14.9. The van der Waals surface area contributed by atoms with Gasteiger partial charge in [-0.3, -0.25) is 0 Å². The molecule has 1 fully saturated rings. The first-order valence-corrected chi connectivity index (χ1v) is 8.45. The van der Waals surface area contributed by atoms with Gasteiger partial charge in [0.05, 0.1) is 30.1 Å². The Morgan fingerprint density at radius 3 is 2.52 bits per heavy atom. The SMILES string of the molecule is Cc1cc(C(F)(F)F)cc(O)c1-c1ccc(N2C[C@@H](CO)O[C@@H](C)C2)nn1. The second-order valence-electron chi connectivity index (χ2n) is 6.62. The summed E-state index contributed by atoms with van der Waals surface area (Å²) in [5, 5.41) is 27.6. The first-order valence-electron chi connectivity index (χ1n) is 8.45. The maximum Gasteiger partial charge on any atom is 0.416 e. The standard InChI is InChI=1S/C18H20F3N3O3/c1-10-5-12(18(19,20)21)6-15(26)17(10)14-3-4-16(23-22-14)24-7-11(2)27-13(8-24)9-25/h3-6,11,13,25-26H,7-9H2,1-2H3/t11-,13-/m0/s1. The molecule has 0 unspecified atom stereocenters. The summed E-state index contributed by atoms with van der Waals surface area (Å²) in [5.74, 6) is 0.0705. The summed E-state index contributed by atoms with van der Waals surface area (Å²) in [6.45, 7) is 4.30. The van der Waals surface area contributed by atoms with Gasteiger partial charge in [-0.1, -0.05) is 0 Å². The van der Waals surface area contributed by atoms with Crippen LogP contribution in [0.25, 0.3) is 11.3 Å². The third-order valence-electron chi connectivity index (χ3n) is 4.40. The van der Waals surface area contributed by atoms with Gasteiger partial charge in [-0.25, -0.2) is 0 Å². The second-order valence-corrected chi connectivity index (χ2v) is 6.62. The maximum atomic E-state index is 12.9. The highest BCUT2D eigenvalue weighted by Crippen LogP contribution is 2.38. The zero-order chi connectivity index (χ0) is 19.8. The van der Waals surface area contributed by atoms with Crippen molar-refractivity contribution in [1.82, 2.24) is 10.2 Å². The molecule has 9 heteroatoms. The minimum Gasteiger partial charge on any atom is -0.507 e. The van der Waals surface area contributed by atoms with E-state index in [4.69, 9.17) is 4.74 Å². The van der Waals surface area contributed by atoms with Gasteiger partial charge in [-0.05, 0) is 43.7 Å². The number of anilines is 1. The fourth-order valence-electron chi connectivity index (χ4n) is 3.23. The van der Waals surface area contributed by atoms with E-state index in [1.54, 1.807) is 12.1 Å². The highest BCUT2D eigenvalue weighted by molar-refractivity contribution is 5.71. The van der Waals surface area contributed by atoms with E-state index in [1.807, 2.05) is 11.8 Å². The predicted molar refractivity (Wildman–Crippen MR) is 92.5 cm³/mol. The summed E-state index contributed by atoms with van der Waals surface area (Å²) in [7, 11) is 0. The molecule has 0 spiro atoms. The highest BCUT2D eigenvalue weighted by atomic mass is 19.4. The van der Waals surface area contributed by atoms with Crippen LogP contribution in [0.15, 0.2) is 24.3 Å². The molecular formula is C18H20F3N3O3. The van der Waals surface area contributed by atoms with Crippen LogP contribution in [0.3, 0.4) is 0 Å². The molecule has 0 aliphatic carbocycles. The van der Waals surface area contributed by atoms with Crippen LogP contribution in [0, 0.1) is 6.92 Å². The molecule has 1 aromatic heterocycles. The number of alkyl halides is 3. The van der Waals surface area contributed by atoms with Crippen molar-refractivity contribution in [3.8, 4) is 17.0 Å². The molecule has 6 nitrogen and oxygen atoms in total. The van der Waals surface area contributed by atoms with Crippen molar-refractivity contribution in [2.75, 3.05) is 24.6 Å². The van der Waals surface area contributed by atoms with Crippen LogP contribution in [0.4, 0.5) is 19.0 Å². The number of halogens is 3. The number of hydrogen-bond donors (Lipinski definition) is 2. The molecule has 2 N–H and O–H groups in total. The number of aliphatic hydroxyl groups is 1. The lowest BCUT2D eigenvalue weighted by Gasteiger charge is -2.36. The third-order valence-corrected chi connectivity index (χ3v) is 4.40. The quantitative estimate of drug-likeness (QED) is 0.849. The van der Waals surface area contributed by atoms with E-state index in [1.165, 1.54) is 6.92 Å². The number of rotatable bonds is 3. The van der Waals surface area contributed by atoms with Gasteiger partial charge in [-0.15, -0.1) is 10.2 Å². The van der Waals surface area contributed by atoms with Gasteiger partial charge in [0.15, 0.2) is 5.82 Å². The van der Waals surface area contributed by atoms with Crippen molar-refractivity contribution in [3.63, 3.8) is 0 Å². The molecule has 1 saturated heterocycles. The molecule has 27 heavy (non-hydrogen) atoms. The molecular weight excluding hydrogens is 363 g/mol. The summed E-state index contributed by atoms with van der Waals surface area (Å²) < 4.78 is 44.2. The lowest BCUT2D eigenvalue weighted by atomic mass is 10.0. The van der Waals surface area contributed by atoms with Crippen LogP contribution in [-0.4, -0.2) is 52.3 Å². The Morgan fingerprint density at radius 2 is 1.96 bits per heavy atom. The number of morpholine rings is 1. The van der Waals surface area contributed by atoms with E-state index in [2.05, 4.69) is 10.2 Å². The Kier molecular flexibility index (Phi) is 5.25. The van der Waals surface area contributed by atoms with E-state index in [9.17, 15) is 23.4 Å². The van der Waals surface area contributed by atoms with Crippen LogP contribution in [0.5, 0.6) is 5.75 Å². The molecule has 3 rings (SSSR count). The molecule has 1 aliphatic heterocycles. The van der Waals surface area contributed by atoms with Crippen molar-refractivity contribution in [3.05, 3.63) is 35.4 Å². The Morgan fingerprint density at radius 1 is 1.22 bits per heavy atom. The molecule has 146 valence electrons. The summed E-state index contributed by atoms with van der Waals surface area (Å²) >= 11 is 0. The van der Waals surface area contributed by atoms with Gasteiger partial charge in [0.2, 0.25) is 0 Å². The Labute approximate surface area is 154 Å². The Balaban J connectivity index is 1.88. The topological polar surface area (TPSA) is 78.7 Å². The molecule has 0 radical (unpaired) electrons. The summed E-state index contributed by atoms with van der Waals surface area (Å²) in [4.78, 5) is 1.92. The molecule has 0 bridgehead atoms. The first-order chi connectivity index (χ1) is 12.7. The minimum atomic E-state index is -4.54. The van der Waals surface area contributed by atoms with Gasteiger partial charge in [0.25, 0.3) is 0 Å². The molecule has 0 amide bonds. The van der Waals surface area contributed by atoms with Crippen molar-refractivity contribution in [2.45, 2.75) is 32.2 Å². The lowest BCUT2D eigenvalue weighted by Crippen LogP contribution is -2.48. The maximum absolute atomic E-state index is 12.9. The van der Waals surface area contributed by atoms with Crippen molar-refractivity contribution in [1.29, 1.82) is 0 Å². The normalized spacial score (nSPS) is 20.7. The van der Waals surface area contributed by atoms with Crippen LogP contribution in [0.1, 0.15) is 18.1 Å². The van der Waals surface area contributed by atoms with E-state index in [0.29, 0.717) is 25.0 Å². The van der Waals surface area contributed by atoms with E-state index >= 15 is 0 Å². The number of aromatic hydroxyl groups is 1. The fourth-order valence-corrected chi connectivity index (χ4v) is 3.23. The number of aromatic nitrogens is 2. The fraction of sp³-hybridized carbons (Fsp3) is 0.444. The number of hydrogen-bond acceptors (Lipinski definition) is 6. The van der Waals surface area contributed by atoms with Crippen LogP contribution >= 0.6 is 0 Å². The van der Waals surface area contributed by atoms with Crippen LogP contribution in [-0.2, 0) is 10.9 Å². The van der Waals surface area contributed by atoms with Crippen LogP contribution in [0.2, 0.25) is 0 Å². The van der Waals surface area contributed by atoms with E-state index in [0.717, 1.165) is 6.07 Å². The largest absolute Gasteiger partial charge is 0.507 e. The first kappa shape index (κ1) is 19.4. The van der Waals surface area contributed by atoms with Gasteiger partial charge >= 0.3 is 6.18 Å². The molecule has 2 heterocycles. The number of aryl methyl sites for hydroxylation is 1. The van der Waals surface area contributed by atoms with E-state index in [-0.39, 0.29) is 35.6 Å². The van der Waals surface area contributed by atoms with E-state index < -0.39 is 17.5 Å². The second kappa shape index (κ2) is 7.32. The van der Waals surface area contributed by atoms with Crippen LogP contribution < -0.4 is 4.90 Å². The molecule has 1 aromatic carbocycles. The van der Waals surface area contributed by atoms with Gasteiger partial charge in [0, 0.05) is 18.7 Å². The average molecular weight is 383 g/mol. The summed E-state index contributed by atoms with van der Waals surface area (Å²) in [6.07, 6.45) is -4.94. The zero-order valence-corrected chi connectivity index (χ0v) is 14.9. The summed E-state index contributed by atoms with van der Waals surface area (Å²) in [5.41, 5.74) is -0.166. The number of phenolic OH excluding ortho intramolecular Hbond substituents is 1. The van der Waals surface area contributed by atoms with Crippen molar-refractivity contribution >= 4 is 5.82 Å². The number of aliphatic hydroxyl groups excluding tert-OH is 1. The minimum absolute atomic E-state index is 0.0846. The molecule has 2 atom stereocenters. The van der Waals surface area contributed by atoms with Crippen molar-refractivity contribution in [2.24, 2.45) is 0 Å². The number of benzene rings is 1. The Bertz CT molecular complexity index is 789. The smallest absolute Gasteiger partial charge is 0.416 e. The number of nitrogens with zero attached hydrogens (tertiary/aromatic N) is 3. The highest BCUT2D eigenvalue weighted by Gasteiger charge is 2.32. The third kappa shape index (κ3) is 4.14. The molecule has 0 saturated carbocycles. The Hall–Kier alpha value is -2.39. The predicted octanol–water partition coefficient (Wildman–Crippen LogP) is 2.76. The lowest BCUT2D eigenvalue weighted by molar-refractivity contribution is -0.137. The monoisotopic (exact) mass is 383 g/mol. The van der Waals surface area contributed by atoms with Gasteiger partial charge < -0.3 is 19.8 Å². The average Bonchev–Trinajstić information content (AvgIpc) is 2.60. The van der Waals surface area contributed by atoms with Crippen molar-refractivity contribution < 1.29 is 28.1 Å². The molecule has 2 aromatic rings. The van der Waals surface area contributed by atoms with Gasteiger partial charge in [0.1, 0.15) is 5.75 Å². The molecule has 1 aliphatic rings.